The highest BCUT2D eigenvalue weighted by molar-refractivity contribution is 5.78. The van der Waals surface area contributed by atoms with Gasteiger partial charge in [-0.05, 0) is 24.3 Å². The highest BCUT2D eigenvalue weighted by Crippen LogP contribution is 2.26. The van der Waals surface area contributed by atoms with Crippen molar-refractivity contribution in [2.75, 3.05) is 13.7 Å². The maximum absolute atomic E-state index is 11.9. The Hall–Kier alpha value is -3.02. The molecule has 1 amide bonds. The van der Waals surface area contributed by atoms with Crippen LogP contribution < -0.4 is 14.8 Å². The molecule has 6 heteroatoms. The van der Waals surface area contributed by atoms with Gasteiger partial charge in [0.1, 0.15) is 12.4 Å². The Labute approximate surface area is 159 Å². The Morgan fingerprint density at radius 2 is 1.81 bits per heavy atom. The van der Waals surface area contributed by atoms with Crippen LogP contribution in [0, 0.1) is 5.92 Å². The molecule has 6 nitrogen and oxygen atoms in total. The van der Waals surface area contributed by atoms with Crippen molar-refractivity contribution in [2.45, 2.75) is 26.9 Å². The minimum atomic E-state index is -0.0586. The first kappa shape index (κ1) is 18.8. The fraction of sp³-hybridized carbons (Fsp3) is 0.333. The Bertz CT molecular complexity index is 918. The number of methoxy groups -OCH3 is 1. The molecule has 1 heterocycles. The van der Waals surface area contributed by atoms with E-state index < -0.39 is 0 Å². The molecule has 3 aromatic rings. The summed E-state index contributed by atoms with van der Waals surface area (Å²) in [5, 5.41) is 2.94. The number of benzene rings is 2. The summed E-state index contributed by atoms with van der Waals surface area (Å²) in [6, 6.07) is 15.5. The predicted molar refractivity (Wildman–Crippen MR) is 105 cm³/mol. The molecule has 27 heavy (non-hydrogen) atoms. The number of carbonyl (C=O) groups excluding carboxylic acids is 1. The van der Waals surface area contributed by atoms with Crippen molar-refractivity contribution in [2.24, 2.45) is 5.92 Å². The van der Waals surface area contributed by atoms with Crippen LogP contribution in [-0.2, 0) is 17.9 Å². The summed E-state index contributed by atoms with van der Waals surface area (Å²) >= 11 is 0. The van der Waals surface area contributed by atoms with E-state index in [9.17, 15) is 4.79 Å². The van der Waals surface area contributed by atoms with Gasteiger partial charge in [0.15, 0.2) is 11.5 Å². The zero-order chi connectivity index (χ0) is 19.2. The molecule has 0 bridgehead atoms. The molecule has 0 aliphatic carbocycles. The minimum absolute atomic E-state index is 0.0129. The van der Waals surface area contributed by atoms with Crippen LogP contribution in [0.2, 0.25) is 0 Å². The summed E-state index contributed by atoms with van der Waals surface area (Å²) in [5.41, 5.74) is 1.93. The molecule has 3 rings (SSSR count). The largest absolute Gasteiger partial charge is 0.493 e. The zero-order valence-electron chi connectivity index (χ0n) is 15.9. The quantitative estimate of drug-likeness (QED) is 0.663. The smallest absolute Gasteiger partial charge is 0.222 e. The van der Waals surface area contributed by atoms with Gasteiger partial charge in [0.2, 0.25) is 5.91 Å². The maximum atomic E-state index is 11.9. The van der Waals surface area contributed by atoms with Gasteiger partial charge in [0.25, 0.3) is 0 Å². The maximum Gasteiger partial charge on any atom is 0.222 e. The van der Waals surface area contributed by atoms with E-state index in [0.29, 0.717) is 31.2 Å². The molecule has 0 saturated heterocycles. The number of hydrogen-bond donors (Lipinski definition) is 1. The normalized spacial score (nSPS) is 11.0. The highest BCUT2D eigenvalue weighted by Gasteiger charge is 2.13. The molecule has 0 saturated carbocycles. The van der Waals surface area contributed by atoms with Crippen LogP contribution in [0.3, 0.4) is 0 Å². The number of imidazole rings is 1. The Kier molecular flexibility index (Phi) is 5.96. The number of rotatable bonds is 8. The molecule has 0 radical (unpaired) electrons. The van der Waals surface area contributed by atoms with E-state index in [1.807, 2.05) is 62.4 Å². The van der Waals surface area contributed by atoms with E-state index in [1.54, 1.807) is 7.11 Å². The summed E-state index contributed by atoms with van der Waals surface area (Å²) in [7, 11) is 1.63. The van der Waals surface area contributed by atoms with E-state index in [2.05, 4.69) is 14.9 Å². The first-order valence-electron chi connectivity index (χ1n) is 9.08. The molecule has 0 aliphatic heterocycles. The van der Waals surface area contributed by atoms with Gasteiger partial charge in [0, 0.05) is 5.92 Å². The fourth-order valence-corrected chi connectivity index (χ4v) is 2.87. The Morgan fingerprint density at radius 3 is 2.56 bits per heavy atom. The number of ether oxygens (including phenoxy) is 2. The second-order valence-corrected chi connectivity index (χ2v) is 6.54. The van der Waals surface area contributed by atoms with Crippen molar-refractivity contribution < 1.29 is 14.3 Å². The topological polar surface area (TPSA) is 65.4 Å². The van der Waals surface area contributed by atoms with E-state index in [0.717, 1.165) is 16.9 Å². The average Bonchev–Trinajstić information content (AvgIpc) is 3.04. The van der Waals surface area contributed by atoms with Crippen LogP contribution in [-0.4, -0.2) is 29.2 Å². The fourth-order valence-electron chi connectivity index (χ4n) is 2.87. The minimum Gasteiger partial charge on any atom is -0.493 e. The Balaban J connectivity index is 1.75. The summed E-state index contributed by atoms with van der Waals surface area (Å²) < 4.78 is 13.3. The van der Waals surface area contributed by atoms with Gasteiger partial charge in [-0.15, -0.1) is 0 Å². The lowest BCUT2D eigenvalue weighted by Gasteiger charge is -2.13. The SMILES string of the molecule is COc1ccccc1OCCn1c(CNC(=O)C(C)C)nc2ccccc21. The zero-order valence-corrected chi connectivity index (χ0v) is 15.9. The molecule has 0 unspecified atom stereocenters. The third-order valence-corrected chi connectivity index (χ3v) is 4.32. The average molecular weight is 367 g/mol. The van der Waals surface area contributed by atoms with Crippen LogP contribution in [0.1, 0.15) is 19.7 Å². The van der Waals surface area contributed by atoms with Gasteiger partial charge in [-0.3, -0.25) is 4.79 Å². The first-order valence-corrected chi connectivity index (χ1v) is 9.08. The van der Waals surface area contributed by atoms with Crippen LogP contribution in [0.15, 0.2) is 48.5 Å². The molecule has 1 N–H and O–H groups in total. The van der Waals surface area contributed by atoms with Gasteiger partial charge in [-0.25, -0.2) is 4.98 Å². The van der Waals surface area contributed by atoms with E-state index in [-0.39, 0.29) is 11.8 Å². The van der Waals surface area contributed by atoms with Gasteiger partial charge in [0.05, 0.1) is 31.2 Å². The summed E-state index contributed by atoms with van der Waals surface area (Å²) in [6.45, 7) is 5.22. The van der Waals surface area contributed by atoms with Gasteiger partial charge in [-0.2, -0.15) is 0 Å². The van der Waals surface area contributed by atoms with Crippen LogP contribution in [0.4, 0.5) is 0 Å². The molecular weight excluding hydrogens is 342 g/mol. The van der Waals surface area contributed by atoms with Gasteiger partial charge >= 0.3 is 0 Å². The lowest BCUT2D eigenvalue weighted by molar-refractivity contribution is -0.124. The van der Waals surface area contributed by atoms with E-state index >= 15 is 0 Å². The molecule has 0 atom stereocenters. The van der Waals surface area contributed by atoms with Gasteiger partial charge < -0.3 is 19.4 Å². The van der Waals surface area contributed by atoms with Gasteiger partial charge in [-0.1, -0.05) is 38.1 Å². The van der Waals surface area contributed by atoms with Crippen molar-refractivity contribution >= 4 is 16.9 Å². The van der Waals surface area contributed by atoms with Crippen LogP contribution in [0.5, 0.6) is 11.5 Å². The Morgan fingerprint density at radius 1 is 1.11 bits per heavy atom. The number of para-hydroxylation sites is 4. The number of carbonyl (C=O) groups is 1. The number of nitrogens with one attached hydrogen (secondary N) is 1. The van der Waals surface area contributed by atoms with Crippen molar-refractivity contribution in [1.82, 2.24) is 14.9 Å². The van der Waals surface area contributed by atoms with Crippen LogP contribution in [0.25, 0.3) is 11.0 Å². The first-order chi connectivity index (χ1) is 13.1. The molecule has 0 aliphatic rings. The molecule has 0 fully saturated rings. The number of amides is 1. The standard InChI is InChI=1S/C21H25N3O3/c1-15(2)21(25)22-14-20-23-16-8-4-5-9-17(16)24(20)12-13-27-19-11-7-6-10-18(19)26-3/h4-11,15H,12-14H2,1-3H3,(H,22,25). The van der Waals surface area contributed by atoms with E-state index in [1.165, 1.54) is 0 Å². The molecular formula is C21H25N3O3. The molecule has 0 spiro atoms. The number of nitrogens with zero attached hydrogens (tertiary/aromatic N) is 2. The van der Waals surface area contributed by atoms with Crippen molar-refractivity contribution in [3.05, 3.63) is 54.4 Å². The molecule has 1 aromatic heterocycles. The molecule has 2 aromatic carbocycles. The lowest BCUT2D eigenvalue weighted by atomic mass is 10.2. The monoisotopic (exact) mass is 367 g/mol. The van der Waals surface area contributed by atoms with Crippen LogP contribution >= 0.6 is 0 Å². The molecule has 142 valence electrons. The highest BCUT2D eigenvalue weighted by atomic mass is 16.5. The summed E-state index contributed by atoms with van der Waals surface area (Å²) in [5.74, 6) is 2.18. The second-order valence-electron chi connectivity index (χ2n) is 6.54. The number of hydrogen-bond acceptors (Lipinski definition) is 4. The van der Waals surface area contributed by atoms with E-state index in [4.69, 9.17) is 9.47 Å². The van der Waals surface area contributed by atoms with Crippen molar-refractivity contribution in [1.29, 1.82) is 0 Å². The summed E-state index contributed by atoms with van der Waals surface area (Å²) in [4.78, 5) is 16.6. The van der Waals surface area contributed by atoms with Crippen molar-refractivity contribution in [3.63, 3.8) is 0 Å². The van der Waals surface area contributed by atoms with Crippen molar-refractivity contribution in [3.8, 4) is 11.5 Å². The second kappa shape index (κ2) is 8.58. The lowest BCUT2D eigenvalue weighted by Crippen LogP contribution is -2.28. The third kappa shape index (κ3) is 4.39. The number of aromatic nitrogens is 2. The number of fused-ring (bicyclic) bond motifs is 1. The summed E-state index contributed by atoms with van der Waals surface area (Å²) in [6.07, 6.45) is 0. The third-order valence-electron chi connectivity index (χ3n) is 4.32. The predicted octanol–water partition coefficient (Wildman–Crippen LogP) is 3.40.